The summed E-state index contributed by atoms with van der Waals surface area (Å²) in [6.45, 7) is -0.564. The zero-order valence-corrected chi connectivity index (χ0v) is 18.8. The van der Waals surface area contributed by atoms with E-state index in [1.165, 1.54) is 12.3 Å². The number of aliphatic hydroxyl groups excluding tert-OH is 3. The van der Waals surface area contributed by atoms with Gasteiger partial charge in [0, 0.05) is 15.5 Å². The second kappa shape index (κ2) is 9.79. The maximum absolute atomic E-state index is 13.6. The quantitative estimate of drug-likeness (QED) is 0.442. The Labute approximate surface area is 199 Å². The van der Waals surface area contributed by atoms with Crippen molar-refractivity contribution in [2.45, 2.75) is 34.7 Å². The minimum absolute atomic E-state index is 0.0239. The van der Waals surface area contributed by atoms with Crippen LogP contribution >= 0.6 is 35.0 Å². The van der Waals surface area contributed by atoms with Crippen molar-refractivity contribution in [2.75, 3.05) is 6.61 Å². The summed E-state index contributed by atoms with van der Waals surface area (Å²) in [4.78, 5) is 0.536. The first-order valence-corrected chi connectivity index (χ1v) is 11.1. The third-order valence-corrected chi connectivity index (χ3v) is 6.97. The number of thioether (sulfide) groups is 1. The molecule has 0 bridgehead atoms. The van der Waals surface area contributed by atoms with Crippen LogP contribution in [0.1, 0.15) is 6.04 Å². The Hall–Kier alpha value is -1.86. The predicted molar refractivity (Wildman–Crippen MR) is 114 cm³/mol. The minimum Gasteiger partial charge on any atom is -0.394 e. The number of aromatic nitrogens is 3. The molecule has 3 unspecified atom stereocenters. The molecule has 5 atom stereocenters. The molecule has 0 radical (unpaired) electrons. The van der Waals surface area contributed by atoms with Gasteiger partial charge in [-0.1, -0.05) is 40.2 Å². The van der Waals surface area contributed by atoms with Gasteiger partial charge in [0.15, 0.2) is 17.5 Å². The largest absolute Gasteiger partial charge is 0.394 e. The molecule has 176 valence electrons. The van der Waals surface area contributed by atoms with E-state index in [1.807, 2.05) is 0 Å². The van der Waals surface area contributed by atoms with Gasteiger partial charge in [0.1, 0.15) is 35.5 Å². The van der Waals surface area contributed by atoms with Crippen LogP contribution in [0.2, 0.25) is 10.0 Å². The van der Waals surface area contributed by atoms with E-state index in [9.17, 15) is 28.5 Å². The lowest BCUT2D eigenvalue weighted by Gasteiger charge is -2.41. The van der Waals surface area contributed by atoms with E-state index >= 15 is 0 Å². The van der Waals surface area contributed by atoms with Gasteiger partial charge in [0.2, 0.25) is 0 Å². The number of benzene rings is 2. The number of nitrogens with zero attached hydrogens (tertiary/aromatic N) is 3. The first-order chi connectivity index (χ1) is 15.7. The minimum atomic E-state index is -1.62. The summed E-state index contributed by atoms with van der Waals surface area (Å²) >= 11 is 13.2. The Balaban J connectivity index is 1.64. The van der Waals surface area contributed by atoms with Crippen molar-refractivity contribution in [1.82, 2.24) is 15.0 Å². The van der Waals surface area contributed by atoms with E-state index in [1.54, 1.807) is 12.1 Å². The number of ether oxygens (including phenoxy) is 1. The van der Waals surface area contributed by atoms with Crippen molar-refractivity contribution in [3.8, 4) is 11.3 Å². The summed E-state index contributed by atoms with van der Waals surface area (Å²) in [7, 11) is 0. The Morgan fingerprint density at radius 1 is 1.06 bits per heavy atom. The Morgan fingerprint density at radius 2 is 1.76 bits per heavy atom. The van der Waals surface area contributed by atoms with Crippen molar-refractivity contribution < 1.29 is 33.2 Å². The molecule has 0 spiro atoms. The summed E-state index contributed by atoms with van der Waals surface area (Å²) in [5.41, 5.74) is -1.10. The van der Waals surface area contributed by atoms with E-state index in [4.69, 9.17) is 27.9 Å². The maximum atomic E-state index is 13.6. The third kappa shape index (κ3) is 4.85. The summed E-state index contributed by atoms with van der Waals surface area (Å²) in [6, 6.07) is 5.11. The van der Waals surface area contributed by atoms with E-state index < -0.39 is 53.8 Å². The van der Waals surface area contributed by atoms with Crippen molar-refractivity contribution >= 4 is 35.0 Å². The Bertz CT molecular complexity index is 1150. The van der Waals surface area contributed by atoms with Crippen LogP contribution in [0.15, 0.2) is 41.4 Å². The van der Waals surface area contributed by atoms with Gasteiger partial charge in [-0.15, -0.1) is 5.10 Å². The molecule has 1 aliphatic heterocycles. The highest BCUT2D eigenvalue weighted by atomic mass is 35.5. The fourth-order valence-electron chi connectivity index (χ4n) is 3.43. The topological polar surface area (TPSA) is 101 Å². The van der Waals surface area contributed by atoms with Gasteiger partial charge >= 0.3 is 0 Å². The zero-order valence-electron chi connectivity index (χ0n) is 16.4. The predicted octanol–water partition coefficient (Wildman–Crippen LogP) is 3.44. The van der Waals surface area contributed by atoms with Gasteiger partial charge in [0.05, 0.1) is 17.8 Å². The molecule has 33 heavy (non-hydrogen) atoms. The van der Waals surface area contributed by atoms with Gasteiger partial charge in [-0.05, 0) is 30.3 Å². The number of hydrogen-bond acceptors (Lipinski definition) is 7. The molecule has 13 heteroatoms. The molecule has 7 nitrogen and oxygen atoms in total. The first-order valence-electron chi connectivity index (χ1n) is 9.50. The van der Waals surface area contributed by atoms with E-state index in [-0.39, 0.29) is 11.3 Å². The summed E-state index contributed by atoms with van der Waals surface area (Å²) < 4.78 is 47.2. The van der Waals surface area contributed by atoms with E-state index in [2.05, 4.69) is 10.3 Å². The van der Waals surface area contributed by atoms with Gasteiger partial charge in [-0.25, -0.2) is 17.9 Å². The summed E-state index contributed by atoms with van der Waals surface area (Å²) in [5, 5.41) is 39.7. The molecule has 4 rings (SSSR count). The smallest absolute Gasteiger partial charge is 0.194 e. The van der Waals surface area contributed by atoms with Gasteiger partial charge in [0.25, 0.3) is 0 Å². The van der Waals surface area contributed by atoms with Crippen molar-refractivity contribution in [2.24, 2.45) is 0 Å². The maximum Gasteiger partial charge on any atom is 0.194 e. The highest BCUT2D eigenvalue weighted by Crippen LogP contribution is 2.40. The first kappa shape index (κ1) is 24.3. The van der Waals surface area contributed by atoms with Crippen molar-refractivity contribution in [1.29, 1.82) is 0 Å². The molecule has 3 N–H and O–H groups in total. The fourth-order valence-corrected chi connectivity index (χ4v) is 5.04. The summed E-state index contributed by atoms with van der Waals surface area (Å²) in [5.74, 6) is -4.42. The average Bonchev–Trinajstić information content (AvgIpc) is 3.25. The zero-order chi connectivity index (χ0) is 23.9. The lowest BCUT2D eigenvalue weighted by molar-refractivity contribution is -0.178. The van der Waals surface area contributed by atoms with Crippen LogP contribution in [0.3, 0.4) is 0 Å². The highest BCUT2D eigenvalue weighted by Gasteiger charge is 2.46. The lowest BCUT2D eigenvalue weighted by atomic mass is 9.97. The van der Waals surface area contributed by atoms with Crippen LogP contribution in [-0.4, -0.2) is 60.7 Å². The standard InChI is InChI=1S/C20H16Cl2F3N3O4S/c21-9-1-2-15(10(22)5-9)33-20-19(31)17(18(30)14(7-29)32-20)28-6-13(26-27-28)8-3-11(23)16(25)12(24)4-8/h1-6,14,17-20,29-31H,7H2/t14?,17?,18-,19?,20+/m0/s1. The average molecular weight is 522 g/mol. The number of hydrogen-bond donors (Lipinski definition) is 3. The second-order valence-corrected chi connectivity index (χ2v) is 9.21. The third-order valence-electron chi connectivity index (χ3n) is 5.08. The Kier molecular flexibility index (Phi) is 7.20. The molecule has 1 aromatic heterocycles. The molecular formula is C20H16Cl2F3N3O4S. The van der Waals surface area contributed by atoms with Gasteiger partial charge in [-0.3, -0.25) is 0 Å². The van der Waals surface area contributed by atoms with E-state index in [0.29, 0.717) is 14.9 Å². The molecule has 0 amide bonds. The molecule has 0 saturated carbocycles. The fraction of sp³-hybridized carbons (Fsp3) is 0.300. The molecule has 3 aromatic rings. The van der Waals surface area contributed by atoms with Crippen LogP contribution < -0.4 is 0 Å². The molecule has 2 heterocycles. The van der Waals surface area contributed by atoms with Crippen molar-refractivity contribution in [3.05, 3.63) is 64.0 Å². The molecule has 0 aliphatic carbocycles. The van der Waals surface area contributed by atoms with Crippen molar-refractivity contribution in [3.63, 3.8) is 0 Å². The van der Waals surface area contributed by atoms with Crippen LogP contribution in [0, 0.1) is 17.5 Å². The highest BCUT2D eigenvalue weighted by molar-refractivity contribution is 8.00. The molecule has 2 aromatic carbocycles. The SMILES string of the molecule is OCC1O[C@H](Sc2ccc(Cl)cc2Cl)C(O)C(n2cc(-c3cc(F)c(F)c(F)c3)nn2)[C@H]1O. The molecule has 1 aliphatic rings. The summed E-state index contributed by atoms with van der Waals surface area (Å²) in [6.07, 6.45) is -2.62. The number of rotatable bonds is 5. The second-order valence-electron chi connectivity index (χ2n) is 7.23. The van der Waals surface area contributed by atoms with Gasteiger partial charge in [-0.2, -0.15) is 0 Å². The van der Waals surface area contributed by atoms with Gasteiger partial charge < -0.3 is 20.1 Å². The molecule has 1 fully saturated rings. The monoisotopic (exact) mass is 521 g/mol. The molecular weight excluding hydrogens is 506 g/mol. The number of halogens is 5. The van der Waals surface area contributed by atoms with Crippen LogP contribution in [0.5, 0.6) is 0 Å². The lowest BCUT2D eigenvalue weighted by Crippen LogP contribution is -2.55. The van der Waals surface area contributed by atoms with E-state index in [0.717, 1.165) is 28.6 Å². The Morgan fingerprint density at radius 3 is 2.39 bits per heavy atom. The van der Waals surface area contributed by atoms with Crippen LogP contribution in [0.4, 0.5) is 13.2 Å². The normalized spacial score (nSPS) is 25.4. The van der Waals surface area contributed by atoms with Crippen LogP contribution in [0.25, 0.3) is 11.3 Å². The number of aliphatic hydroxyl groups is 3. The van der Waals surface area contributed by atoms with Crippen LogP contribution in [-0.2, 0) is 4.74 Å². The molecule has 1 saturated heterocycles.